The zero-order chi connectivity index (χ0) is 18.7. The van der Waals surface area contributed by atoms with Crippen LogP contribution in [0.5, 0.6) is 0 Å². The first kappa shape index (κ1) is 21.2. The van der Waals surface area contributed by atoms with Crippen LogP contribution in [0.1, 0.15) is 44.9 Å². The first-order valence-electron chi connectivity index (χ1n) is 9.83. The molecule has 0 saturated carbocycles. The molecule has 1 aromatic heterocycles. The van der Waals surface area contributed by atoms with Gasteiger partial charge in [0.05, 0.1) is 6.54 Å². The Bertz CT molecular complexity index is 511. The number of nitrogens with one attached hydrogen (secondary N) is 2. The molecular weight excluding hydrogens is 346 g/mol. The predicted octanol–water partition coefficient (Wildman–Crippen LogP) is 3.41. The first-order valence-corrected chi connectivity index (χ1v) is 10.7. The number of rotatable bonds is 10. The maximum atomic E-state index is 5.82. The van der Waals surface area contributed by atoms with Gasteiger partial charge in [-0.2, -0.15) is 0 Å². The number of thiophene rings is 1. The highest BCUT2D eigenvalue weighted by molar-refractivity contribution is 7.10. The molecule has 0 unspecified atom stereocenters. The highest BCUT2D eigenvalue weighted by atomic mass is 32.1. The van der Waals surface area contributed by atoms with Gasteiger partial charge in [-0.1, -0.05) is 19.9 Å². The Labute approximate surface area is 162 Å². The van der Waals surface area contributed by atoms with Crippen LogP contribution in [0, 0.1) is 5.92 Å². The molecule has 148 valence electrons. The summed E-state index contributed by atoms with van der Waals surface area (Å²) in [6.07, 6.45) is 3.26. The van der Waals surface area contributed by atoms with Gasteiger partial charge in [0, 0.05) is 49.8 Å². The highest BCUT2D eigenvalue weighted by Gasteiger charge is 2.21. The van der Waals surface area contributed by atoms with Crippen molar-refractivity contribution in [1.82, 2.24) is 10.6 Å². The molecule has 0 amide bonds. The van der Waals surface area contributed by atoms with Gasteiger partial charge in [0.15, 0.2) is 5.96 Å². The highest BCUT2D eigenvalue weighted by Crippen LogP contribution is 2.27. The van der Waals surface area contributed by atoms with Gasteiger partial charge in [-0.15, -0.1) is 11.3 Å². The summed E-state index contributed by atoms with van der Waals surface area (Å²) in [5.74, 6) is 1.57. The van der Waals surface area contributed by atoms with Crippen LogP contribution in [0.4, 0.5) is 0 Å². The van der Waals surface area contributed by atoms with E-state index < -0.39 is 0 Å². The fourth-order valence-electron chi connectivity index (χ4n) is 2.90. The van der Waals surface area contributed by atoms with Crippen molar-refractivity contribution in [3.63, 3.8) is 0 Å². The van der Waals surface area contributed by atoms with E-state index in [9.17, 15) is 0 Å². The number of nitrogens with zero attached hydrogens (tertiary/aromatic N) is 1. The van der Waals surface area contributed by atoms with Crippen LogP contribution in [0.2, 0.25) is 0 Å². The van der Waals surface area contributed by atoms with Gasteiger partial charge in [0.25, 0.3) is 0 Å². The molecule has 2 rings (SSSR count). The molecule has 1 aromatic rings. The lowest BCUT2D eigenvalue weighted by atomic mass is 9.92. The zero-order valence-corrected chi connectivity index (χ0v) is 17.4. The summed E-state index contributed by atoms with van der Waals surface area (Å²) in [5.41, 5.74) is 0.0589. The van der Waals surface area contributed by atoms with E-state index in [0.29, 0.717) is 5.92 Å². The van der Waals surface area contributed by atoms with Crippen LogP contribution >= 0.6 is 11.3 Å². The van der Waals surface area contributed by atoms with Crippen molar-refractivity contribution >= 4 is 17.3 Å². The molecule has 1 aliphatic heterocycles. The monoisotopic (exact) mass is 381 g/mol. The van der Waals surface area contributed by atoms with Gasteiger partial charge in [-0.05, 0) is 43.6 Å². The molecular formula is C20H35N3O2S. The van der Waals surface area contributed by atoms with Crippen molar-refractivity contribution in [3.05, 3.63) is 22.4 Å². The maximum absolute atomic E-state index is 5.82. The molecule has 0 bridgehead atoms. The largest absolute Gasteiger partial charge is 0.381 e. The zero-order valence-electron chi connectivity index (χ0n) is 16.6. The van der Waals surface area contributed by atoms with E-state index in [0.717, 1.165) is 71.3 Å². The summed E-state index contributed by atoms with van der Waals surface area (Å²) in [7, 11) is 0. The molecule has 0 aromatic carbocycles. The summed E-state index contributed by atoms with van der Waals surface area (Å²) in [5, 5.41) is 8.88. The third-order valence-electron chi connectivity index (χ3n) is 4.62. The molecule has 5 nitrogen and oxygen atoms in total. The molecule has 1 saturated heterocycles. The number of guanidine groups is 1. The molecule has 2 heterocycles. The van der Waals surface area contributed by atoms with Crippen LogP contribution in [0.15, 0.2) is 22.5 Å². The van der Waals surface area contributed by atoms with E-state index in [4.69, 9.17) is 14.5 Å². The number of aliphatic imine (C=N–C) groups is 1. The molecule has 2 N–H and O–H groups in total. The van der Waals surface area contributed by atoms with E-state index in [-0.39, 0.29) is 5.41 Å². The van der Waals surface area contributed by atoms with E-state index in [2.05, 4.69) is 48.9 Å². The Morgan fingerprint density at radius 2 is 2.15 bits per heavy atom. The van der Waals surface area contributed by atoms with Crippen molar-refractivity contribution in [1.29, 1.82) is 0 Å². The lowest BCUT2D eigenvalue weighted by Crippen LogP contribution is -2.39. The van der Waals surface area contributed by atoms with Gasteiger partial charge in [0.1, 0.15) is 0 Å². The van der Waals surface area contributed by atoms with Gasteiger partial charge >= 0.3 is 0 Å². The maximum Gasteiger partial charge on any atom is 0.191 e. The second-order valence-corrected chi connectivity index (χ2v) is 8.42. The summed E-state index contributed by atoms with van der Waals surface area (Å²) in [6, 6.07) is 4.30. The molecule has 0 aliphatic carbocycles. The van der Waals surface area contributed by atoms with Crippen LogP contribution in [-0.4, -0.2) is 52.0 Å². The fraction of sp³-hybridized carbons (Fsp3) is 0.750. The minimum Gasteiger partial charge on any atom is -0.381 e. The van der Waals surface area contributed by atoms with Gasteiger partial charge in [-0.25, -0.2) is 0 Å². The third kappa shape index (κ3) is 7.64. The Hall–Kier alpha value is -1.11. The van der Waals surface area contributed by atoms with Crippen molar-refractivity contribution in [2.75, 3.05) is 46.1 Å². The van der Waals surface area contributed by atoms with E-state index in [1.807, 2.05) is 0 Å². The molecule has 0 spiro atoms. The lowest BCUT2D eigenvalue weighted by molar-refractivity contribution is 0.0203. The van der Waals surface area contributed by atoms with E-state index in [1.165, 1.54) is 4.88 Å². The predicted molar refractivity (Wildman–Crippen MR) is 110 cm³/mol. The van der Waals surface area contributed by atoms with Gasteiger partial charge < -0.3 is 20.1 Å². The average Bonchev–Trinajstić information content (AvgIpc) is 3.19. The molecule has 1 fully saturated rings. The van der Waals surface area contributed by atoms with Crippen LogP contribution in [-0.2, 0) is 14.9 Å². The summed E-state index contributed by atoms with van der Waals surface area (Å²) in [4.78, 5) is 6.15. The second kappa shape index (κ2) is 11.6. The number of hydrogen-bond acceptors (Lipinski definition) is 4. The standard InChI is InChI=1S/C20H35N3O2S/c1-4-21-19(23-16-20(2,3)18-7-5-14-26-18)22-10-6-11-25-15-17-8-12-24-13-9-17/h5,7,14,17H,4,6,8-13,15-16H2,1-3H3,(H2,21,22,23). The van der Waals surface area contributed by atoms with Crippen LogP contribution < -0.4 is 10.6 Å². The Morgan fingerprint density at radius 1 is 1.35 bits per heavy atom. The first-order chi connectivity index (χ1) is 12.6. The quantitative estimate of drug-likeness (QED) is 0.370. The minimum absolute atomic E-state index is 0.0589. The number of hydrogen-bond donors (Lipinski definition) is 2. The van der Waals surface area contributed by atoms with Crippen molar-refractivity contribution in [2.24, 2.45) is 10.9 Å². The SMILES string of the molecule is CCNC(=NCC(C)(C)c1cccs1)NCCCOCC1CCOCC1. The van der Waals surface area contributed by atoms with Crippen molar-refractivity contribution in [2.45, 2.75) is 45.4 Å². The molecule has 0 atom stereocenters. The number of ether oxygens (including phenoxy) is 2. The van der Waals surface area contributed by atoms with E-state index >= 15 is 0 Å². The Balaban J connectivity index is 1.65. The molecule has 26 heavy (non-hydrogen) atoms. The lowest BCUT2D eigenvalue weighted by Gasteiger charge is -2.22. The fourth-order valence-corrected chi connectivity index (χ4v) is 3.75. The molecule has 0 radical (unpaired) electrons. The smallest absolute Gasteiger partial charge is 0.191 e. The summed E-state index contributed by atoms with van der Waals surface area (Å²) < 4.78 is 11.2. The van der Waals surface area contributed by atoms with Crippen LogP contribution in [0.25, 0.3) is 0 Å². The molecule has 6 heteroatoms. The topological polar surface area (TPSA) is 54.9 Å². The normalized spacial score (nSPS) is 16.7. The second-order valence-electron chi connectivity index (χ2n) is 7.47. The van der Waals surface area contributed by atoms with Gasteiger partial charge in [0.2, 0.25) is 0 Å². The van der Waals surface area contributed by atoms with Crippen molar-refractivity contribution in [3.8, 4) is 0 Å². The third-order valence-corrected chi connectivity index (χ3v) is 5.85. The van der Waals surface area contributed by atoms with E-state index in [1.54, 1.807) is 11.3 Å². The summed E-state index contributed by atoms with van der Waals surface area (Å²) >= 11 is 1.80. The van der Waals surface area contributed by atoms with Crippen molar-refractivity contribution < 1.29 is 9.47 Å². The Kier molecular flexibility index (Phi) is 9.43. The Morgan fingerprint density at radius 3 is 2.85 bits per heavy atom. The average molecular weight is 382 g/mol. The van der Waals surface area contributed by atoms with Gasteiger partial charge in [-0.3, -0.25) is 4.99 Å². The summed E-state index contributed by atoms with van der Waals surface area (Å²) in [6.45, 7) is 12.5. The molecule has 1 aliphatic rings. The van der Waals surface area contributed by atoms with Crippen LogP contribution in [0.3, 0.4) is 0 Å². The minimum atomic E-state index is 0.0589.